The fourth-order valence-corrected chi connectivity index (χ4v) is 5.04. The second-order valence-electron chi connectivity index (χ2n) is 9.20. The Morgan fingerprint density at radius 2 is 1.95 bits per heavy atom. The number of para-hydroxylation sites is 1. The summed E-state index contributed by atoms with van der Waals surface area (Å²) in [6.07, 6.45) is 0.113. The van der Waals surface area contributed by atoms with Crippen LogP contribution in [0.2, 0.25) is 0 Å². The highest BCUT2D eigenvalue weighted by molar-refractivity contribution is 7.87. The van der Waals surface area contributed by atoms with Crippen molar-refractivity contribution in [2.75, 3.05) is 26.1 Å². The predicted octanol–water partition coefficient (Wildman–Crippen LogP) is 3.41. The van der Waals surface area contributed by atoms with E-state index < -0.39 is 28.0 Å². The van der Waals surface area contributed by atoms with Gasteiger partial charge in [0.25, 0.3) is 11.9 Å². The van der Waals surface area contributed by atoms with Gasteiger partial charge in [0.15, 0.2) is 5.58 Å². The third-order valence-electron chi connectivity index (χ3n) is 6.54. The van der Waals surface area contributed by atoms with Crippen molar-refractivity contribution in [2.24, 2.45) is 0 Å². The van der Waals surface area contributed by atoms with E-state index >= 15 is 0 Å². The van der Waals surface area contributed by atoms with Gasteiger partial charge >= 0.3 is 10.2 Å². The molecule has 0 spiro atoms. The highest BCUT2D eigenvalue weighted by atomic mass is 32.2. The molecule has 39 heavy (non-hydrogen) atoms. The summed E-state index contributed by atoms with van der Waals surface area (Å²) >= 11 is 0. The molecule has 5 rings (SSSR count). The zero-order valence-corrected chi connectivity index (χ0v) is 22.4. The highest BCUT2D eigenvalue weighted by Gasteiger charge is 2.38. The molecule has 1 aliphatic rings. The fraction of sp³-hybridized carbons (Fsp3) is 0.259. The Kier molecular flexibility index (Phi) is 7.15. The van der Waals surface area contributed by atoms with Crippen LogP contribution in [0, 0.1) is 5.82 Å². The first-order chi connectivity index (χ1) is 18.7. The molecule has 0 bridgehead atoms. The van der Waals surface area contributed by atoms with E-state index in [-0.39, 0.29) is 31.2 Å². The van der Waals surface area contributed by atoms with Crippen molar-refractivity contribution in [2.45, 2.75) is 25.6 Å². The Hall–Kier alpha value is -4.16. The van der Waals surface area contributed by atoms with Crippen LogP contribution in [0.5, 0.6) is 11.5 Å². The molecule has 0 radical (unpaired) electrons. The van der Waals surface area contributed by atoms with Crippen LogP contribution in [0.3, 0.4) is 0 Å². The lowest BCUT2D eigenvalue weighted by atomic mass is 9.89. The Morgan fingerprint density at radius 1 is 1.18 bits per heavy atom. The van der Waals surface area contributed by atoms with E-state index in [1.54, 1.807) is 12.0 Å². The Labute approximate surface area is 225 Å². The molecular weight excluding hydrogens is 527 g/mol. The fourth-order valence-electron chi connectivity index (χ4n) is 4.47. The van der Waals surface area contributed by atoms with Crippen molar-refractivity contribution < 1.29 is 31.5 Å². The Bertz CT molecular complexity index is 1620. The van der Waals surface area contributed by atoms with Crippen LogP contribution in [0.1, 0.15) is 16.7 Å². The standard InChI is InChI=1S/C27H27FN4O6S/c1-31(2)39(34,35)30-26(33)23-14-20-17(15-32(23)27-29-22-11-10-18(28)13-25(22)38-27)9-12-24(36-3)21(20)16-37-19-7-5-4-6-8-19/h4-13,23H,14-16H2,1-3H3,(H,30,33). The lowest BCUT2D eigenvalue weighted by molar-refractivity contribution is -0.120. The van der Waals surface area contributed by atoms with Gasteiger partial charge in [0.2, 0.25) is 0 Å². The second kappa shape index (κ2) is 10.5. The lowest BCUT2D eigenvalue weighted by Crippen LogP contribution is -2.53. The molecule has 12 heteroatoms. The molecule has 2 heterocycles. The number of fused-ring (bicyclic) bond motifs is 2. The summed E-state index contributed by atoms with van der Waals surface area (Å²) in [6, 6.07) is 16.0. The van der Waals surface area contributed by atoms with Gasteiger partial charge in [0, 0.05) is 38.7 Å². The average Bonchev–Trinajstić information content (AvgIpc) is 3.34. The van der Waals surface area contributed by atoms with Gasteiger partial charge in [-0.2, -0.15) is 17.7 Å². The van der Waals surface area contributed by atoms with Crippen molar-refractivity contribution in [1.29, 1.82) is 0 Å². The minimum absolute atomic E-state index is 0.0709. The van der Waals surface area contributed by atoms with E-state index in [4.69, 9.17) is 13.9 Å². The van der Waals surface area contributed by atoms with Crippen molar-refractivity contribution in [1.82, 2.24) is 14.0 Å². The molecule has 1 aliphatic heterocycles. The van der Waals surface area contributed by atoms with Crippen molar-refractivity contribution in [3.8, 4) is 11.5 Å². The molecule has 0 fully saturated rings. The highest BCUT2D eigenvalue weighted by Crippen LogP contribution is 2.36. The van der Waals surface area contributed by atoms with Crippen LogP contribution < -0.4 is 19.1 Å². The smallest absolute Gasteiger partial charge is 0.303 e. The number of rotatable bonds is 8. The number of benzene rings is 3. The molecule has 10 nitrogen and oxygen atoms in total. The third kappa shape index (κ3) is 5.38. The van der Waals surface area contributed by atoms with E-state index in [1.165, 1.54) is 32.3 Å². The van der Waals surface area contributed by atoms with Crippen molar-refractivity contribution >= 4 is 33.2 Å². The van der Waals surface area contributed by atoms with Crippen molar-refractivity contribution in [3.63, 3.8) is 0 Å². The Morgan fingerprint density at radius 3 is 2.67 bits per heavy atom. The molecule has 0 saturated carbocycles. The number of ether oxygens (including phenoxy) is 2. The molecule has 1 unspecified atom stereocenters. The van der Waals surface area contributed by atoms with Gasteiger partial charge in [-0.3, -0.25) is 4.79 Å². The van der Waals surface area contributed by atoms with E-state index in [9.17, 15) is 17.6 Å². The number of halogens is 1. The molecule has 1 aromatic heterocycles. The number of hydrogen-bond acceptors (Lipinski definition) is 8. The number of amides is 1. The maximum atomic E-state index is 13.8. The van der Waals surface area contributed by atoms with Crippen LogP contribution in [0.25, 0.3) is 11.1 Å². The van der Waals surface area contributed by atoms with Crippen LogP contribution >= 0.6 is 0 Å². The molecule has 1 atom stereocenters. The molecule has 0 aliphatic carbocycles. The topological polar surface area (TPSA) is 114 Å². The first kappa shape index (κ1) is 26.4. The largest absolute Gasteiger partial charge is 0.496 e. The number of carbonyl (C=O) groups is 1. The molecule has 4 aromatic rings. The second-order valence-corrected chi connectivity index (χ2v) is 11.1. The molecule has 204 valence electrons. The summed E-state index contributed by atoms with van der Waals surface area (Å²) in [6.45, 7) is 0.343. The number of nitrogens with one attached hydrogen (secondary N) is 1. The van der Waals surface area contributed by atoms with Gasteiger partial charge in [-0.05, 0) is 41.5 Å². The summed E-state index contributed by atoms with van der Waals surface area (Å²) in [5.74, 6) is -0.00791. The maximum Gasteiger partial charge on any atom is 0.303 e. The minimum atomic E-state index is -4.07. The zero-order valence-electron chi connectivity index (χ0n) is 21.5. The van der Waals surface area contributed by atoms with E-state index in [2.05, 4.69) is 9.71 Å². The number of oxazole rings is 1. The quantitative estimate of drug-likeness (QED) is 0.353. The van der Waals surface area contributed by atoms with E-state index in [0.29, 0.717) is 17.0 Å². The predicted molar refractivity (Wildman–Crippen MR) is 142 cm³/mol. The van der Waals surface area contributed by atoms with Gasteiger partial charge in [-0.1, -0.05) is 24.3 Å². The monoisotopic (exact) mass is 554 g/mol. The van der Waals surface area contributed by atoms with E-state index in [1.807, 2.05) is 42.5 Å². The van der Waals surface area contributed by atoms with Gasteiger partial charge in [0.1, 0.15) is 35.5 Å². The van der Waals surface area contributed by atoms with Crippen LogP contribution in [0.15, 0.2) is 65.1 Å². The van der Waals surface area contributed by atoms with Crippen molar-refractivity contribution in [3.05, 3.63) is 83.2 Å². The summed E-state index contributed by atoms with van der Waals surface area (Å²) in [7, 11) is 0.122. The number of carbonyl (C=O) groups excluding carboxylic acids is 1. The summed E-state index contributed by atoms with van der Waals surface area (Å²) in [5, 5.41) is 0. The first-order valence-corrected chi connectivity index (χ1v) is 13.5. The number of aromatic nitrogens is 1. The summed E-state index contributed by atoms with van der Waals surface area (Å²) in [4.78, 5) is 19.5. The minimum Gasteiger partial charge on any atom is -0.496 e. The van der Waals surface area contributed by atoms with E-state index in [0.717, 1.165) is 21.0 Å². The number of hydrogen-bond donors (Lipinski definition) is 1. The molecular formula is C27H27FN4O6S. The summed E-state index contributed by atoms with van der Waals surface area (Å²) < 4.78 is 59.4. The lowest BCUT2D eigenvalue weighted by Gasteiger charge is -2.36. The Balaban J connectivity index is 1.56. The number of methoxy groups -OCH3 is 1. The normalized spacial score (nSPS) is 15.3. The van der Waals surface area contributed by atoms with Crippen LogP contribution in [0.4, 0.5) is 10.4 Å². The molecule has 3 aromatic carbocycles. The van der Waals surface area contributed by atoms with Crippen LogP contribution in [-0.4, -0.2) is 50.9 Å². The van der Waals surface area contributed by atoms with Gasteiger partial charge in [0.05, 0.1) is 7.11 Å². The maximum absolute atomic E-state index is 13.8. The van der Waals surface area contributed by atoms with Gasteiger partial charge in [-0.25, -0.2) is 9.11 Å². The summed E-state index contributed by atoms with van der Waals surface area (Å²) in [5.41, 5.74) is 3.01. The number of nitrogens with zero attached hydrogens (tertiary/aromatic N) is 3. The molecule has 0 saturated heterocycles. The SMILES string of the molecule is COc1ccc2c(c1COc1ccccc1)CC(C(=O)NS(=O)(=O)N(C)C)N(c1nc3ccc(F)cc3o1)C2. The molecule has 1 N–H and O–H groups in total. The number of anilines is 1. The van der Waals surface area contributed by atoms with Crippen LogP contribution in [-0.2, 0) is 34.6 Å². The van der Waals surface area contributed by atoms with Gasteiger partial charge < -0.3 is 18.8 Å². The zero-order chi connectivity index (χ0) is 27.7. The average molecular weight is 555 g/mol. The first-order valence-electron chi connectivity index (χ1n) is 12.1. The third-order valence-corrected chi connectivity index (χ3v) is 7.96. The van der Waals surface area contributed by atoms with Gasteiger partial charge in [-0.15, -0.1) is 0 Å². The molecule has 1 amide bonds.